The predicted molar refractivity (Wildman–Crippen MR) is 158 cm³/mol. The molecule has 0 aliphatic heterocycles. The zero-order valence-corrected chi connectivity index (χ0v) is 25.0. The number of carboxylic acids is 1. The van der Waals surface area contributed by atoms with Crippen LogP contribution in [0.25, 0.3) is 5.57 Å². The fraction of sp³-hybridized carbons (Fsp3) is 0.355. The number of hydrogen-bond donors (Lipinski definition) is 2. The van der Waals surface area contributed by atoms with E-state index >= 15 is 0 Å². The van der Waals surface area contributed by atoms with Crippen molar-refractivity contribution in [2.45, 2.75) is 53.8 Å². The van der Waals surface area contributed by atoms with Crippen LogP contribution in [0.2, 0.25) is 5.02 Å². The first kappa shape index (κ1) is 35.3. The third-order valence-corrected chi connectivity index (χ3v) is 6.24. The Bertz CT molecular complexity index is 1270. The smallest absolute Gasteiger partial charge is 0.416 e. The van der Waals surface area contributed by atoms with Crippen molar-refractivity contribution in [2.75, 3.05) is 20.2 Å². The maximum absolute atomic E-state index is 13.3. The maximum Gasteiger partial charge on any atom is 0.416 e. The number of urea groups is 1. The molecule has 0 radical (unpaired) electrons. The van der Waals surface area contributed by atoms with E-state index in [2.05, 4.69) is 18.3 Å². The van der Waals surface area contributed by atoms with Gasteiger partial charge in [-0.3, -0.25) is 4.79 Å². The average Bonchev–Trinajstić information content (AvgIpc) is 2.89. The lowest BCUT2D eigenvalue weighted by molar-refractivity contribution is -0.138. The molecule has 2 aromatic rings. The minimum Gasteiger partial charge on any atom is -0.504 e. The van der Waals surface area contributed by atoms with Gasteiger partial charge in [-0.05, 0) is 86.7 Å². The average molecular weight is 595 g/mol. The highest BCUT2D eigenvalue weighted by atomic mass is 35.5. The summed E-state index contributed by atoms with van der Waals surface area (Å²) in [4.78, 5) is 24.9. The number of halogens is 4. The van der Waals surface area contributed by atoms with Crippen molar-refractivity contribution in [3.63, 3.8) is 0 Å². The van der Waals surface area contributed by atoms with Gasteiger partial charge in [0.25, 0.3) is 0 Å². The molecule has 41 heavy (non-hydrogen) atoms. The van der Waals surface area contributed by atoms with Gasteiger partial charge in [0.1, 0.15) is 0 Å². The molecule has 0 spiro atoms. The van der Waals surface area contributed by atoms with E-state index in [1.54, 1.807) is 32.9 Å². The molecule has 2 rings (SSSR count). The number of allylic oxidation sites excluding steroid dienone is 4. The second-order valence-corrected chi connectivity index (χ2v) is 9.58. The summed E-state index contributed by atoms with van der Waals surface area (Å²) in [6, 6.07) is 8.98. The number of ether oxygens (including phenoxy) is 1. The van der Waals surface area contributed by atoms with Crippen LogP contribution in [0.5, 0.6) is 0 Å². The highest BCUT2D eigenvalue weighted by Gasteiger charge is 2.31. The van der Waals surface area contributed by atoms with Gasteiger partial charge < -0.3 is 20.1 Å². The molecule has 2 N–H and O–H groups in total. The second-order valence-electron chi connectivity index (χ2n) is 9.18. The molecule has 2 amide bonds. The lowest BCUT2D eigenvalue weighted by atomic mass is 9.95. The molecule has 0 heterocycles. The fourth-order valence-electron chi connectivity index (χ4n) is 3.81. The Morgan fingerprint density at radius 1 is 1.12 bits per heavy atom. The summed E-state index contributed by atoms with van der Waals surface area (Å²) in [6.07, 6.45) is 1.25. The highest BCUT2D eigenvalue weighted by molar-refractivity contribution is 6.31. The van der Waals surface area contributed by atoms with E-state index < -0.39 is 17.7 Å². The van der Waals surface area contributed by atoms with Crippen LogP contribution in [0.3, 0.4) is 0 Å². The zero-order valence-electron chi connectivity index (χ0n) is 24.2. The molecule has 6 nitrogen and oxygen atoms in total. The largest absolute Gasteiger partial charge is 0.504 e. The lowest BCUT2D eigenvalue weighted by Crippen LogP contribution is -2.39. The number of amides is 2. The Balaban J connectivity index is 0.000000787. The molecule has 2 aromatic carbocycles. The Labute approximate surface area is 245 Å². The quantitative estimate of drug-likeness (QED) is 0.215. The SMILES string of the molecule is CCNC(=O)N(CC)Cc1cc(C(F)(F)F)ccc1/C(C)=C/C(=C\C=C\OC)CC(=O)O.Cc1ccc(Cl)c(C)c1. The van der Waals surface area contributed by atoms with E-state index in [0.29, 0.717) is 35.4 Å². The van der Waals surface area contributed by atoms with Crippen LogP contribution in [-0.2, 0) is 22.3 Å². The van der Waals surface area contributed by atoms with Gasteiger partial charge in [0.15, 0.2) is 0 Å². The molecule has 0 bridgehead atoms. The molecule has 224 valence electrons. The van der Waals surface area contributed by atoms with Gasteiger partial charge in [-0.1, -0.05) is 47.5 Å². The van der Waals surface area contributed by atoms with Crippen molar-refractivity contribution in [3.05, 3.63) is 99.3 Å². The number of alkyl halides is 3. The number of rotatable bonds is 10. The van der Waals surface area contributed by atoms with E-state index in [0.717, 1.165) is 22.7 Å². The topological polar surface area (TPSA) is 78.9 Å². The van der Waals surface area contributed by atoms with Crippen molar-refractivity contribution in [1.82, 2.24) is 10.2 Å². The number of methoxy groups -OCH3 is 1. The molecule has 0 atom stereocenters. The summed E-state index contributed by atoms with van der Waals surface area (Å²) in [5.41, 5.74) is 3.40. The number of nitrogens with one attached hydrogen (secondary N) is 1. The highest BCUT2D eigenvalue weighted by Crippen LogP contribution is 2.33. The maximum atomic E-state index is 13.3. The predicted octanol–water partition coefficient (Wildman–Crippen LogP) is 8.18. The van der Waals surface area contributed by atoms with Gasteiger partial charge in [-0.15, -0.1) is 0 Å². The Morgan fingerprint density at radius 3 is 2.32 bits per heavy atom. The van der Waals surface area contributed by atoms with Gasteiger partial charge >= 0.3 is 18.2 Å². The van der Waals surface area contributed by atoms with E-state index in [9.17, 15) is 22.8 Å². The Hall–Kier alpha value is -3.72. The van der Waals surface area contributed by atoms with Crippen LogP contribution in [0, 0.1) is 13.8 Å². The summed E-state index contributed by atoms with van der Waals surface area (Å²) < 4.78 is 44.8. The van der Waals surface area contributed by atoms with Crippen molar-refractivity contribution < 1.29 is 32.6 Å². The summed E-state index contributed by atoms with van der Waals surface area (Å²) in [5, 5.41) is 12.7. The van der Waals surface area contributed by atoms with Crippen molar-refractivity contribution in [3.8, 4) is 0 Å². The van der Waals surface area contributed by atoms with Crippen LogP contribution in [0.1, 0.15) is 55.0 Å². The Morgan fingerprint density at radius 2 is 1.80 bits per heavy atom. The van der Waals surface area contributed by atoms with Crippen LogP contribution in [0.4, 0.5) is 18.0 Å². The number of carbonyl (C=O) groups excluding carboxylic acids is 1. The Kier molecular flexibility index (Phi) is 14.8. The summed E-state index contributed by atoms with van der Waals surface area (Å²) in [5.74, 6) is -1.05. The standard InChI is InChI=1S/C23H29F3N2O4.C8H9Cl/c1-5-27-22(31)28(6-2)15-18-14-19(23(24,25)26)9-10-20(18)16(3)12-17(13-21(29)30)8-7-11-32-4;1-6-3-4-8(9)7(2)5-6/h7-12,14H,5-6,13,15H2,1-4H3,(H,27,31)(H,29,30);3-5H,1-2H3/b11-7+,16-12+,17-8+;. The second kappa shape index (κ2) is 17.2. The summed E-state index contributed by atoms with van der Waals surface area (Å²) in [7, 11) is 1.45. The van der Waals surface area contributed by atoms with E-state index in [1.165, 1.54) is 36.0 Å². The minimum atomic E-state index is -4.53. The molecule has 10 heteroatoms. The van der Waals surface area contributed by atoms with Crippen LogP contribution in [-0.4, -0.2) is 42.2 Å². The first-order chi connectivity index (χ1) is 19.2. The molecule has 0 saturated heterocycles. The van der Waals surface area contributed by atoms with Gasteiger partial charge in [0.05, 0.1) is 25.4 Å². The third-order valence-electron chi connectivity index (χ3n) is 5.81. The number of aryl methyl sites for hydroxylation is 2. The molecular formula is C31H38ClF3N2O4. The first-order valence-corrected chi connectivity index (χ1v) is 13.4. The fourth-order valence-corrected chi connectivity index (χ4v) is 3.92. The molecule has 0 unspecified atom stereocenters. The molecule has 0 aliphatic carbocycles. The molecular weight excluding hydrogens is 557 g/mol. The van der Waals surface area contributed by atoms with Gasteiger partial charge in [0.2, 0.25) is 0 Å². The van der Waals surface area contributed by atoms with Crippen molar-refractivity contribution in [2.24, 2.45) is 0 Å². The number of benzene rings is 2. The van der Waals surface area contributed by atoms with Crippen molar-refractivity contribution >= 4 is 29.2 Å². The molecule has 0 aliphatic rings. The van der Waals surface area contributed by atoms with Crippen LogP contribution in [0.15, 0.2) is 66.5 Å². The molecule has 0 fully saturated rings. The number of aliphatic carboxylic acids is 1. The number of carbonyl (C=O) groups is 2. The van der Waals surface area contributed by atoms with Crippen LogP contribution >= 0.6 is 11.6 Å². The van der Waals surface area contributed by atoms with Gasteiger partial charge in [0, 0.05) is 24.7 Å². The van der Waals surface area contributed by atoms with E-state index in [1.807, 2.05) is 19.1 Å². The number of hydrogen-bond acceptors (Lipinski definition) is 3. The van der Waals surface area contributed by atoms with E-state index in [-0.39, 0.29) is 19.0 Å². The minimum absolute atomic E-state index is 0.0334. The van der Waals surface area contributed by atoms with Crippen molar-refractivity contribution in [1.29, 1.82) is 0 Å². The first-order valence-electron chi connectivity index (χ1n) is 13.0. The molecule has 0 aromatic heterocycles. The monoisotopic (exact) mass is 594 g/mol. The van der Waals surface area contributed by atoms with Crippen LogP contribution < -0.4 is 5.32 Å². The lowest BCUT2D eigenvalue weighted by Gasteiger charge is -2.23. The van der Waals surface area contributed by atoms with Gasteiger partial charge in [-0.2, -0.15) is 13.2 Å². The molecule has 0 saturated carbocycles. The normalized spacial score (nSPS) is 12.0. The summed E-state index contributed by atoms with van der Waals surface area (Å²) >= 11 is 5.78. The number of nitrogens with zero attached hydrogens (tertiary/aromatic N) is 1. The van der Waals surface area contributed by atoms with E-state index in [4.69, 9.17) is 21.4 Å². The number of carboxylic acid groups (broad SMARTS) is 1. The summed E-state index contributed by atoms with van der Waals surface area (Å²) in [6.45, 7) is 9.90. The third kappa shape index (κ3) is 12.6. The van der Waals surface area contributed by atoms with Gasteiger partial charge in [-0.25, -0.2) is 4.79 Å². The zero-order chi connectivity index (χ0) is 31.2.